The molecule has 11 heteroatoms. The Kier molecular flexibility index (Phi) is 49.0. The number of hydrogen-bond acceptors (Lipinski definition) is 7. The highest BCUT2D eigenvalue weighted by Gasteiger charge is 2.48. The van der Waals surface area contributed by atoms with Gasteiger partial charge in [-0.2, -0.15) is 15.2 Å². The first-order chi connectivity index (χ1) is 55.3. The molecule has 3 N–H and O–H groups in total. The summed E-state index contributed by atoms with van der Waals surface area (Å²) in [5.41, 5.74) is 10.4. The van der Waals surface area contributed by atoms with E-state index in [1.54, 1.807) is 15.2 Å². The molecule has 13 rings (SSSR count). The lowest BCUT2D eigenvalue weighted by Crippen LogP contribution is -2.59. The highest BCUT2D eigenvalue weighted by molar-refractivity contribution is 7.16. The molecule has 0 spiro atoms. The molecule has 4 aliphatic rings. The summed E-state index contributed by atoms with van der Waals surface area (Å²) < 4.78 is 0. The highest BCUT2D eigenvalue weighted by atomic mass is 31.0. The van der Waals surface area contributed by atoms with Gasteiger partial charge in [-0.3, -0.25) is 4.90 Å². The lowest BCUT2D eigenvalue weighted by atomic mass is 9.73. The van der Waals surface area contributed by atoms with Crippen molar-refractivity contribution in [1.82, 2.24) is 20.1 Å². The molecular formula is C106H176N4O3P4. The molecule has 0 aliphatic carbocycles. The van der Waals surface area contributed by atoms with Crippen LogP contribution in [0.2, 0.25) is 0 Å². The molecule has 4 unspecified atom stereocenters. The van der Waals surface area contributed by atoms with Gasteiger partial charge in [-0.05, 0) is 353 Å². The first-order valence-electron chi connectivity index (χ1n) is 45.9. The van der Waals surface area contributed by atoms with Crippen molar-refractivity contribution in [1.29, 1.82) is 0 Å². The van der Waals surface area contributed by atoms with Crippen LogP contribution in [0.3, 0.4) is 0 Å². The van der Waals surface area contributed by atoms with E-state index in [2.05, 4.69) is 317 Å². The predicted octanol–water partition coefficient (Wildman–Crippen LogP) is 32.2. The topological polar surface area (TPSA) is 73.6 Å². The lowest BCUT2D eigenvalue weighted by Gasteiger charge is -2.53. The minimum Gasteiger partial charge on any atom is -0.313 e. The molecule has 0 bridgehead atoms. The second-order valence-corrected chi connectivity index (χ2v) is 37.2. The van der Waals surface area contributed by atoms with Crippen LogP contribution in [0, 0.1) is 23.7 Å². The Balaban J connectivity index is 0.000000748. The van der Waals surface area contributed by atoms with E-state index in [4.69, 9.17) is 0 Å². The van der Waals surface area contributed by atoms with Gasteiger partial charge in [0.2, 0.25) is 0 Å². The van der Waals surface area contributed by atoms with Gasteiger partial charge < -0.3 is 15.6 Å². The average Bonchev–Trinajstić information content (AvgIpc) is 0.787. The van der Waals surface area contributed by atoms with Crippen molar-refractivity contribution in [2.75, 3.05) is 13.2 Å². The number of likely N-dealkylation sites (tertiary alicyclic amines) is 1. The summed E-state index contributed by atoms with van der Waals surface area (Å²) in [5.74, 6) is 2.61. The summed E-state index contributed by atoms with van der Waals surface area (Å²) in [5, 5.41) is 49.6. The first-order valence-corrected chi connectivity index (χ1v) is 49.1. The standard InChI is InChI=1S/C27H34NOP.2C25H32NOP.C11H24NP.9C2H6/c1-26(2)16-21(17-27(3,4)28(26)29)13-20-7-10-25-15-24(12-11-23(25)14-20)22-8-5-19(18-30)6-9-22;1-24(2)14-19(15-25(3,4)26(24)27)11-17-5-9-22-20(12-17)7-8-21-13-18(16-28)6-10-23(21)22;1-24(2)14-19(15-25(3,4)26(24)27)9-17-5-7-20-13-23-11-18(16-28)6-8-21(23)12-22(20)10-17;1-10(2)6-9(8-13)7-11(3,4)12(10)5;9*1-2/h5-12,14-15,21,29H,13,16-18,30H2,1-4H3;5-10,12-13,19,27H,11,14-16,28H2,1-4H3;5-8,10-13,19,27H,9,14-16,28H2,1-4H3;9H,6-8,13H2,1-5H3;9*1-2H3. The van der Waals surface area contributed by atoms with E-state index in [1.165, 1.54) is 117 Å². The van der Waals surface area contributed by atoms with Gasteiger partial charge in [0, 0.05) is 44.3 Å². The lowest BCUT2D eigenvalue weighted by molar-refractivity contribution is -0.250. The molecule has 0 saturated carbocycles. The molecule has 9 aromatic carbocycles. The second-order valence-electron chi connectivity index (χ2n) is 35.5. The van der Waals surface area contributed by atoms with Crippen molar-refractivity contribution in [3.8, 4) is 11.1 Å². The van der Waals surface area contributed by atoms with Crippen LogP contribution in [0.1, 0.15) is 320 Å². The Labute approximate surface area is 729 Å². The summed E-state index contributed by atoms with van der Waals surface area (Å²) in [4.78, 5) is 2.54. The van der Waals surface area contributed by atoms with Crippen LogP contribution in [0.5, 0.6) is 0 Å². The molecule has 7 nitrogen and oxygen atoms in total. The van der Waals surface area contributed by atoms with Crippen LogP contribution in [-0.4, -0.2) is 93.2 Å². The zero-order chi connectivity index (χ0) is 90.0. The summed E-state index contributed by atoms with van der Waals surface area (Å²) >= 11 is 0. The van der Waals surface area contributed by atoms with E-state index in [0.717, 1.165) is 82.2 Å². The molecule has 658 valence electrons. The van der Waals surface area contributed by atoms with E-state index in [9.17, 15) is 15.6 Å². The van der Waals surface area contributed by atoms with E-state index >= 15 is 0 Å². The van der Waals surface area contributed by atoms with E-state index in [-0.39, 0.29) is 33.2 Å². The Morgan fingerprint density at radius 2 is 0.470 bits per heavy atom. The smallest absolute Gasteiger partial charge is 0.0413 e. The Morgan fingerprint density at radius 3 is 0.795 bits per heavy atom. The number of hydroxylamine groups is 6. The maximum absolute atomic E-state index is 10.6. The third-order valence-corrected chi connectivity index (χ3v) is 25.3. The van der Waals surface area contributed by atoms with Gasteiger partial charge in [-0.25, -0.2) is 0 Å². The van der Waals surface area contributed by atoms with Crippen molar-refractivity contribution in [3.05, 3.63) is 191 Å². The fourth-order valence-electron chi connectivity index (χ4n) is 18.8. The third kappa shape index (κ3) is 30.9. The molecule has 4 aliphatic heterocycles. The highest BCUT2D eigenvalue weighted by Crippen LogP contribution is 2.46. The SMILES string of the molecule is CC.CC.CC.CC.CC.CC.CC.CC.CC.CC1(C)CC(Cc2ccc3c(ccc4cc(CP)ccc43)c2)CC(C)(C)N1O.CC1(C)CC(Cc2ccc3cc(-c4ccc(CP)cc4)ccc3c2)CC(C)(C)N1O.CC1(C)CC(Cc2ccc3cc4cc(CP)ccc4cc3c2)CC(C)(C)N1O.CN1C(C)(C)CC(CP)CC1(C)C. The number of benzene rings is 9. The van der Waals surface area contributed by atoms with Crippen molar-refractivity contribution >= 4 is 90.8 Å². The molecule has 4 fully saturated rings. The molecular weight excluding hydrogens is 1500 g/mol. The molecule has 0 radical (unpaired) electrons. The van der Waals surface area contributed by atoms with Crippen molar-refractivity contribution in [3.63, 3.8) is 0 Å². The third-order valence-electron chi connectivity index (χ3n) is 23.3. The van der Waals surface area contributed by atoms with Crippen LogP contribution >= 0.6 is 37.0 Å². The molecule has 4 atom stereocenters. The van der Waals surface area contributed by atoms with Gasteiger partial charge in [0.05, 0.1) is 0 Å². The minimum atomic E-state index is -0.190. The van der Waals surface area contributed by atoms with Crippen LogP contribution in [0.25, 0.3) is 65.0 Å². The van der Waals surface area contributed by atoms with Crippen LogP contribution in [-0.2, 0) is 37.7 Å². The first kappa shape index (κ1) is 111. The van der Waals surface area contributed by atoms with Crippen LogP contribution < -0.4 is 0 Å². The second kappa shape index (κ2) is 51.7. The van der Waals surface area contributed by atoms with Gasteiger partial charge in [-0.15, -0.1) is 37.0 Å². The molecule has 4 saturated heterocycles. The van der Waals surface area contributed by atoms with Crippen molar-refractivity contribution in [2.45, 2.75) is 369 Å². The van der Waals surface area contributed by atoms with E-state index in [1.807, 2.05) is 125 Å². The maximum Gasteiger partial charge on any atom is 0.0413 e. The molecule has 0 aromatic heterocycles. The van der Waals surface area contributed by atoms with Crippen LogP contribution in [0.4, 0.5) is 0 Å². The normalized spacial score (nSPS) is 18.2. The molecule has 9 aromatic rings. The van der Waals surface area contributed by atoms with Crippen LogP contribution in [0.15, 0.2) is 158 Å². The van der Waals surface area contributed by atoms with E-state index < -0.39 is 0 Å². The number of nitrogens with zero attached hydrogens (tertiary/aromatic N) is 4. The number of rotatable bonds is 11. The largest absolute Gasteiger partial charge is 0.313 e. The zero-order valence-electron chi connectivity index (χ0n) is 81.4. The predicted molar refractivity (Wildman–Crippen MR) is 543 cm³/mol. The number of fused-ring (bicyclic) bond motifs is 6. The zero-order valence-corrected chi connectivity index (χ0v) is 86.0. The fourth-order valence-corrected chi connectivity index (χ4v) is 19.9. The van der Waals surface area contributed by atoms with Gasteiger partial charge in [-0.1, -0.05) is 264 Å². The molecule has 0 amide bonds. The minimum absolute atomic E-state index is 0.186. The van der Waals surface area contributed by atoms with Gasteiger partial charge in [0.1, 0.15) is 0 Å². The quantitative estimate of drug-likeness (QED) is 0.0677. The summed E-state index contributed by atoms with van der Waals surface area (Å²) in [6.45, 7) is 71.2. The summed E-state index contributed by atoms with van der Waals surface area (Å²) in [6, 6.07) is 59.1. The van der Waals surface area contributed by atoms with Crippen molar-refractivity contribution < 1.29 is 15.6 Å². The molecule has 4 heterocycles. The Hall–Kier alpha value is -4.28. The summed E-state index contributed by atoms with van der Waals surface area (Å²) in [7, 11) is 13.5. The Morgan fingerprint density at radius 1 is 0.248 bits per heavy atom. The average molecular weight is 1680 g/mol. The molecule has 117 heavy (non-hydrogen) atoms. The number of hydrogen-bond donors (Lipinski definition) is 3. The van der Waals surface area contributed by atoms with Gasteiger partial charge >= 0.3 is 0 Å². The van der Waals surface area contributed by atoms with Crippen molar-refractivity contribution in [2.24, 2.45) is 23.7 Å². The summed E-state index contributed by atoms with van der Waals surface area (Å²) in [6.07, 6.45) is 16.2. The maximum atomic E-state index is 10.6. The monoisotopic (exact) mass is 1680 g/mol. The van der Waals surface area contributed by atoms with Gasteiger partial charge in [0.25, 0.3) is 0 Å². The Bertz CT molecular complexity index is 4160. The number of piperidine rings is 4. The van der Waals surface area contributed by atoms with E-state index in [0.29, 0.717) is 28.8 Å². The van der Waals surface area contributed by atoms with Gasteiger partial charge in [0.15, 0.2) is 0 Å². The fraction of sp³-hybridized carbons (Fsp3) is 0.585.